The second-order valence-electron chi connectivity index (χ2n) is 6.51. The van der Waals surface area contributed by atoms with Crippen LogP contribution in [0.3, 0.4) is 0 Å². The number of rotatable bonds is 6. The Labute approximate surface area is 176 Å². The number of fused-ring (bicyclic) bond motifs is 1. The summed E-state index contributed by atoms with van der Waals surface area (Å²) in [4.78, 5) is 18.5. The van der Waals surface area contributed by atoms with Gasteiger partial charge in [-0.3, -0.25) is 0 Å². The molecule has 0 spiro atoms. The Balaban J connectivity index is 1.33. The van der Waals surface area contributed by atoms with E-state index < -0.39 is 0 Å². The molecule has 0 saturated heterocycles. The number of nitrogens with one attached hydrogen (secondary N) is 4. The first-order valence-electron chi connectivity index (χ1n) is 9.26. The minimum atomic E-state index is 0.317. The molecule has 4 heterocycles. The minimum Gasteiger partial charge on any atom is -0.456 e. The average Bonchev–Trinajstić information content (AvgIpc) is 3.39. The summed E-state index contributed by atoms with van der Waals surface area (Å²) in [6, 6.07) is 14.0. The van der Waals surface area contributed by atoms with Crippen LogP contribution in [0.25, 0.3) is 10.6 Å². The highest BCUT2D eigenvalue weighted by atomic mass is 32.1. The lowest BCUT2D eigenvalue weighted by molar-refractivity contribution is 0.280. The van der Waals surface area contributed by atoms with Crippen molar-refractivity contribution in [3.63, 3.8) is 0 Å². The number of aromatic nitrogens is 4. The van der Waals surface area contributed by atoms with Crippen LogP contribution in [0.15, 0.2) is 54.9 Å². The number of thiazole rings is 1. The highest BCUT2D eigenvalue weighted by molar-refractivity contribution is 7.15. The summed E-state index contributed by atoms with van der Waals surface area (Å²) in [5.74, 6) is 0.759. The Bertz CT molecular complexity index is 1180. The molecule has 0 bridgehead atoms. The zero-order chi connectivity index (χ0) is 20.3. The summed E-state index contributed by atoms with van der Waals surface area (Å²) in [6.45, 7) is 2.29. The molecule has 0 saturated carbocycles. The molecule has 30 heavy (non-hydrogen) atoms. The van der Waals surface area contributed by atoms with Crippen LogP contribution < -0.4 is 26.4 Å². The van der Waals surface area contributed by atoms with E-state index in [0.29, 0.717) is 12.6 Å². The molecule has 4 aromatic rings. The van der Waals surface area contributed by atoms with Gasteiger partial charge in [0.15, 0.2) is 0 Å². The quantitative estimate of drug-likeness (QED) is 0.371. The molecular formula is C20H18N8OS. The Morgan fingerprint density at radius 3 is 2.77 bits per heavy atom. The number of ether oxygens (including phenoxy) is 1. The Kier molecular flexibility index (Phi) is 4.83. The van der Waals surface area contributed by atoms with E-state index in [9.17, 15) is 0 Å². The topological polar surface area (TPSA) is 109 Å². The lowest BCUT2D eigenvalue weighted by Crippen LogP contribution is -2.19. The van der Waals surface area contributed by atoms with Gasteiger partial charge < -0.3 is 20.9 Å². The number of nitrogens with zero attached hydrogens (tertiary/aromatic N) is 4. The molecule has 0 unspecified atom stereocenters. The normalized spacial score (nSPS) is 12.0. The first kappa shape index (κ1) is 18.3. The molecule has 1 aliphatic heterocycles. The monoisotopic (exact) mass is 418 g/mol. The summed E-state index contributed by atoms with van der Waals surface area (Å²) < 4.78 is 5.61. The summed E-state index contributed by atoms with van der Waals surface area (Å²) in [7, 11) is 0. The van der Waals surface area contributed by atoms with Crippen molar-refractivity contribution >= 4 is 34.2 Å². The molecule has 150 valence electrons. The Morgan fingerprint density at radius 1 is 1.00 bits per heavy atom. The van der Waals surface area contributed by atoms with Crippen molar-refractivity contribution in [3.8, 4) is 16.6 Å². The van der Waals surface area contributed by atoms with E-state index in [4.69, 9.17) is 9.72 Å². The van der Waals surface area contributed by atoms with E-state index in [1.54, 1.807) is 29.8 Å². The molecule has 0 radical (unpaired) electrons. The third-order valence-electron chi connectivity index (χ3n) is 4.38. The highest BCUT2D eigenvalue weighted by Crippen LogP contribution is 2.32. The van der Waals surface area contributed by atoms with Crippen LogP contribution in [0.2, 0.25) is 0 Å². The maximum absolute atomic E-state index is 5.61. The van der Waals surface area contributed by atoms with E-state index in [-0.39, 0.29) is 0 Å². The van der Waals surface area contributed by atoms with Crippen molar-refractivity contribution in [1.82, 2.24) is 25.5 Å². The lowest BCUT2D eigenvalue weighted by atomic mass is 10.2. The summed E-state index contributed by atoms with van der Waals surface area (Å²) >= 11 is 1.55. The fraction of sp³-hybridized carbons (Fsp3) is 0.100. The van der Waals surface area contributed by atoms with Gasteiger partial charge in [0.1, 0.15) is 17.4 Å². The van der Waals surface area contributed by atoms with Crippen LogP contribution >= 0.6 is 11.3 Å². The van der Waals surface area contributed by atoms with Crippen LogP contribution in [-0.4, -0.2) is 19.9 Å². The zero-order valence-electron chi connectivity index (χ0n) is 16.0. The SMILES string of the molecule is Cc1nc(COc2ncccn2)sc1-c1cccc(Nc2ccc3c(c2)NNN3)n1. The van der Waals surface area contributed by atoms with Crippen LogP contribution in [0, 0.1) is 6.92 Å². The maximum atomic E-state index is 5.61. The van der Waals surface area contributed by atoms with E-state index in [0.717, 1.165) is 44.2 Å². The molecule has 3 aromatic heterocycles. The predicted molar refractivity (Wildman–Crippen MR) is 117 cm³/mol. The van der Waals surface area contributed by atoms with Crippen molar-refractivity contribution in [3.05, 3.63) is 65.6 Å². The number of pyridine rings is 1. The molecule has 1 aliphatic rings. The first-order chi connectivity index (χ1) is 14.7. The van der Waals surface area contributed by atoms with Crippen molar-refractivity contribution in [1.29, 1.82) is 0 Å². The van der Waals surface area contributed by atoms with Gasteiger partial charge in [-0.05, 0) is 43.3 Å². The molecule has 4 N–H and O–H groups in total. The smallest absolute Gasteiger partial charge is 0.316 e. The molecule has 10 heteroatoms. The molecular weight excluding hydrogens is 400 g/mol. The van der Waals surface area contributed by atoms with Gasteiger partial charge in [-0.1, -0.05) is 6.07 Å². The highest BCUT2D eigenvalue weighted by Gasteiger charge is 2.13. The summed E-state index contributed by atoms with van der Waals surface area (Å²) in [5.41, 5.74) is 13.6. The van der Waals surface area contributed by atoms with Gasteiger partial charge >= 0.3 is 6.01 Å². The van der Waals surface area contributed by atoms with Gasteiger partial charge in [-0.15, -0.1) is 16.9 Å². The van der Waals surface area contributed by atoms with Crippen LogP contribution in [0.1, 0.15) is 10.7 Å². The van der Waals surface area contributed by atoms with E-state index in [2.05, 4.69) is 36.7 Å². The third-order valence-corrected chi connectivity index (χ3v) is 5.53. The molecule has 0 atom stereocenters. The van der Waals surface area contributed by atoms with Crippen LogP contribution in [-0.2, 0) is 6.61 Å². The van der Waals surface area contributed by atoms with Gasteiger partial charge in [-0.2, -0.15) is 0 Å². The van der Waals surface area contributed by atoms with Crippen molar-refractivity contribution in [2.24, 2.45) is 0 Å². The molecule has 1 aromatic carbocycles. The largest absolute Gasteiger partial charge is 0.456 e. The van der Waals surface area contributed by atoms with Crippen molar-refractivity contribution in [2.45, 2.75) is 13.5 Å². The molecule has 9 nitrogen and oxygen atoms in total. The fourth-order valence-electron chi connectivity index (χ4n) is 3.02. The maximum Gasteiger partial charge on any atom is 0.316 e. The van der Waals surface area contributed by atoms with Gasteiger partial charge in [-0.25, -0.2) is 19.9 Å². The average molecular weight is 418 g/mol. The summed E-state index contributed by atoms with van der Waals surface area (Å²) in [6.07, 6.45) is 3.29. The van der Waals surface area contributed by atoms with E-state index in [1.165, 1.54) is 0 Å². The number of hydrazine groups is 2. The summed E-state index contributed by atoms with van der Waals surface area (Å²) in [5, 5.41) is 4.20. The van der Waals surface area contributed by atoms with Crippen molar-refractivity contribution in [2.75, 3.05) is 16.2 Å². The van der Waals surface area contributed by atoms with Gasteiger partial charge in [0.05, 0.1) is 27.6 Å². The molecule has 0 fully saturated rings. The Morgan fingerprint density at radius 2 is 1.87 bits per heavy atom. The number of hydrogen-bond donors (Lipinski definition) is 4. The van der Waals surface area contributed by atoms with Crippen LogP contribution in [0.4, 0.5) is 22.9 Å². The third kappa shape index (κ3) is 3.86. The van der Waals surface area contributed by atoms with Gasteiger partial charge in [0.2, 0.25) is 0 Å². The zero-order valence-corrected chi connectivity index (χ0v) is 16.8. The number of benzene rings is 1. The lowest BCUT2D eigenvalue weighted by Gasteiger charge is -2.08. The number of anilines is 4. The van der Waals surface area contributed by atoms with Gasteiger partial charge in [0, 0.05) is 18.1 Å². The Hall–Kier alpha value is -3.76. The van der Waals surface area contributed by atoms with Crippen molar-refractivity contribution < 1.29 is 4.74 Å². The number of hydrogen-bond acceptors (Lipinski definition) is 10. The van der Waals surface area contributed by atoms with E-state index >= 15 is 0 Å². The first-order valence-corrected chi connectivity index (χ1v) is 10.1. The fourth-order valence-corrected chi connectivity index (χ4v) is 3.96. The second-order valence-corrected chi connectivity index (χ2v) is 7.59. The molecule has 5 rings (SSSR count). The predicted octanol–water partition coefficient (Wildman–Crippen LogP) is 3.88. The molecule has 0 aliphatic carbocycles. The minimum absolute atomic E-state index is 0.317. The standard InChI is InChI=1S/C20H18N8OS/c1-12-19(30-18(23-12)11-29-20-21-8-3-9-22-20)15-4-2-5-17(25-15)24-13-6-7-14-16(10-13)27-28-26-14/h2-10,26-28H,11H2,1H3,(H,24,25). The van der Waals surface area contributed by atoms with Crippen LogP contribution in [0.5, 0.6) is 6.01 Å². The number of aryl methyl sites for hydroxylation is 1. The second kappa shape index (κ2) is 7.93. The molecule has 0 amide bonds. The van der Waals surface area contributed by atoms with Gasteiger partial charge in [0.25, 0.3) is 0 Å². The van der Waals surface area contributed by atoms with E-state index in [1.807, 2.05) is 43.3 Å².